The van der Waals surface area contributed by atoms with Gasteiger partial charge in [0.05, 0.1) is 4.47 Å². The summed E-state index contributed by atoms with van der Waals surface area (Å²) in [4.78, 5) is 8.09. The van der Waals surface area contributed by atoms with Crippen LogP contribution in [0.2, 0.25) is 0 Å². The number of hydrogen-bond donors (Lipinski definition) is 2. The first-order valence-corrected chi connectivity index (χ1v) is 5.82. The summed E-state index contributed by atoms with van der Waals surface area (Å²) in [5.74, 6) is 5.84. The fourth-order valence-electron chi connectivity index (χ4n) is 0.977. The lowest BCUT2D eigenvalue weighted by molar-refractivity contribution is 0.786. The van der Waals surface area contributed by atoms with Gasteiger partial charge in [-0.1, -0.05) is 0 Å². The molecule has 7 nitrogen and oxygen atoms in total. The van der Waals surface area contributed by atoms with Gasteiger partial charge in [-0.3, -0.25) is 0 Å². The zero-order valence-electron chi connectivity index (χ0n) is 8.25. The Balaban J connectivity index is 2.32. The van der Waals surface area contributed by atoms with Crippen molar-refractivity contribution in [1.29, 1.82) is 0 Å². The molecule has 0 aliphatic rings. The average molecular weight is 302 g/mol. The van der Waals surface area contributed by atoms with Gasteiger partial charge in [0, 0.05) is 7.05 Å². The molecule has 0 unspecified atom stereocenters. The molecule has 0 spiro atoms. The van der Waals surface area contributed by atoms with Crippen LogP contribution < -0.4 is 11.3 Å². The maximum absolute atomic E-state index is 5.31. The summed E-state index contributed by atoms with van der Waals surface area (Å²) in [7, 11) is 1.86. The lowest BCUT2D eigenvalue weighted by Crippen LogP contribution is -2.09. The molecule has 2 heterocycles. The number of aryl methyl sites for hydroxylation is 1. The number of nitrogens with zero attached hydrogens (tertiary/aromatic N) is 5. The van der Waals surface area contributed by atoms with E-state index in [1.165, 1.54) is 18.1 Å². The van der Waals surface area contributed by atoms with E-state index >= 15 is 0 Å². The molecular formula is C7H8BrN7S. The Hall–Kier alpha value is -1.19. The molecule has 0 aliphatic carbocycles. The van der Waals surface area contributed by atoms with Crippen LogP contribution in [0.3, 0.4) is 0 Å². The van der Waals surface area contributed by atoms with Crippen molar-refractivity contribution in [1.82, 2.24) is 24.7 Å². The second-order valence-electron chi connectivity index (χ2n) is 2.81. The maximum atomic E-state index is 5.31. The molecule has 3 N–H and O–H groups in total. The molecule has 0 saturated carbocycles. The molecule has 0 atom stereocenters. The first-order valence-electron chi connectivity index (χ1n) is 4.21. The van der Waals surface area contributed by atoms with E-state index in [0.29, 0.717) is 10.3 Å². The number of hydrogen-bond acceptors (Lipinski definition) is 7. The number of nitrogens with one attached hydrogen (secondary N) is 1. The lowest BCUT2D eigenvalue weighted by Gasteiger charge is -2.05. The highest BCUT2D eigenvalue weighted by Crippen LogP contribution is 2.32. The van der Waals surface area contributed by atoms with Crippen molar-refractivity contribution in [3.63, 3.8) is 0 Å². The third kappa shape index (κ3) is 2.15. The summed E-state index contributed by atoms with van der Waals surface area (Å²) in [5.41, 5.74) is 2.48. The Morgan fingerprint density at radius 3 is 2.94 bits per heavy atom. The van der Waals surface area contributed by atoms with E-state index in [1.807, 2.05) is 7.05 Å². The zero-order valence-corrected chi connectivity index (χ0v) is 10.7. The predicted molar refractivity (Wildman–Crippen MR) is 62.7 cm³/mol. The van der Waals surface area contributed by atoms with Crippen molar-refractivity contribution in [2.75, 3.05) is 5.43 Å². The van der Waals surface area contributed by atoms with E-state index < -0.39 is 0 Å². The molecule has 0 aliphatic heterocycles. The van der Waals surface area contributed by atoms with Crippen LogP contribution in [0.25, 0.3) is 0 Å². The predicted octanol–water partition coefficient (Wildman–Crippen LogP) is 0.804. The SMILES string of the molecule is Cn1cnnc1Sc1ncnc(NN)c1Br. The fourth-order valence-corrected chi connectivity index (χ4v) is 2.28. The highest BCUT2D eigenvalue weighted by Gasteiger charge is 2.11. The molecule has 16 heavy (non-hydrogen) atoms. The van der Waals surface area contributed by atoms with Crippen LogP contribution in [0.5, 0.6) is 0 Å². The first-order chi connectivity index (χ1) is 7.72. The fraction of sp³-hybridized carbons (Fsp3) is 0.143. The van der Waals surface area contributed by atoms with Crippen LogP contribution in [-0.2, 0) is 7.05 Å². The van der Waals surface area contributed by atoms with Crippen LogP contribution >= 0.6 is 27.7 Å². The number of nitrogens with two attached hydrogens (primary N) is 1. The third-order valence-electron chi connectivity index (χ3n) is 1.75. The Kier molecular flexibility index (Phi) is 3.36. The number of anilines is 1. The number of hydrazine groups is 1. The van der Waals surface area contributed by atoms with Gasteiger partial charge in [0.15, 0.2) is 11.0 Å². The van der Waals surface area contributed by atoms with Crippen LogP contribution in [0.15, 0.2) is 27.3 Å². The van der Waals surface area contributed by atoms with Crippen LogP contribution in [0.1, 0.15) is 0 Å². The Labute approximate surface area is 104 Å². The second-order valence-corrected chi connectivity index (χ2v) is 4.56. The highest BCUT2D eigenvalue weighted by molar-refractivity contribution is 9.10. The normalized spacial score (nSPS) is 10.4. The number of halogens is 1. The van der Waals surface area contributed by atoms with E-state index in [0.717, 1.165) is 10.2 Å². The van der Waals surface area contributed by atoms with Crippen molar-refractivity contribution >= 4 is 33.5 Å². The van der Waals surface area contributed by atoms with E-state index in [2.05, 4.69) is 41.5 Å². The molecule has 0 radical (unpaired) electrons. The molecule has 84 valence electrons. The molecule has 2 aromatic heterocycles. The summed E-state index contributed by atoms with van der Waals surface area (Å²) in [6.45, 7) is 0. The second kappa shape index (κ2) is 4.76. The minimum Gasteiger partial charge on any atom is -0.311 e. The topological polar surface area (TPSA) is 94.5 Å². The van der Waals surface area contributed by atoms with Gasteiger partial charge in [0.2, 0.25) is 0 Å². The quantitative estimate of drug-likeness (QED) is 0.492. The monoisotopic (exact) mass is 301 g/mol. The molecule has 0 aromatic carbocycles. The first kappa shape index (κ1) is 11.3. The van der Waals surface area contributed by atoms with Gasteiger partial charge in [-0.15, -0.1) is 10.2 Å². The lowest BCUT2D eigenvalue weighted by atomic mass is 10.6. The van der Waals surface area contributed by atoms with Crippen molar-refractivity contribution < 1.29 is 0 Å². The summed E-state index contributed by atoms with van der Waals surface area (Å²) < 4.78 is 2.50. The van der Waals surface area contributed by atoms with Gasteiger partial charge < -0.3 is 9.99 Å². The zero-order chi connectivity index (χ0) is 11.5. The van der Waals surface area contributed by atoms with Gasteiger partial charge in [-0.2, -0.15) is 0 Å². The molecule has 0 fully saturated rings. The molecule has 0 bridgehead atoms. The maximum Gasteiger partial charge on any atom is 0.197 e. The molecule has 2 aromatic rings. The minimum atomic E-state index is 0.527. The van der Waals surface area contributed by atoms with Crippen LogP contribution in [0.4, 0.5) is 5.82 Å². The molecule has 0 amide bonds. The van der Waals surface area contributed by atoms with E-state index in [9.17, 15) is 0 Å². The summed E-state index contributed by atoms with van der Waals surface area (Å²) >= 11 is 4.74. The van der Waals surface area contributed by atoms with Crippen molar-refractivity contribution in [3.05, 3.63) is 17.1 Å². The number of rotatable bonds is 3. The third-order valence-corrected chi connectivity index (χ3v) is 3.82. The molecular weight excluding hydrogens is 294 g/mol. The molecule has 2 rings (SSSR count). The van der Waals surface area contributed by atoms with Crippen molar-refractivity contribution in [2.24, 2.45) is 12.9 Å². The summed E-state index contributed by atoms with van der Waals surface area (Å²) in [5, 5.41) is 9.19. The minimum absolute atomic E-state index is 0.527. The van der Waals surface area contributed by atoms with Gasteiger partial charge >= 0.3 is 0 Å². The van der Waals surface area contributed by atoms with Gasteiger partial charge in [0.25, 0.3) is 0 Å². The standard InChI is InChI=1S/C7H8BrN7S/c1-15-3-12-14-7(15)16-6-4(8)5(13-9)10-2-11-6/h2-3H,9H2,1H3,(H,10,11,13). The Morgan fingerprint density at radius 1 is 1.50 bits per heavy atom. The van der Waals surface area contributed by atoms with E-state index in [-0.39, 0.29) is 0 Å². The van der Waals surface area contributed by atoms with E-state index in [1.54, 1.807) is 10.9 Å². The van der Waals surface area contributed by atoms with Crippen molar-refractivity contribution in [3.8, 4) is 0 Å². The molecule has 0 saturated heterocycles. The van der Waals surface area contributed by atoms with E-state index in [4.69, 9.17) is 5.84 Å². The number of nitrogen functional groups attached to an aromatic ring is 1. The van der Waals surface area contributed by atoms with Crippen molar-refractivity contribution in [2.45, 2.75) is 10.2 Å². The Bertz CT molecular complexity index is 499. The Morgan fingerprint density at radius 2 is 2.31 bits per heavy atom. The summed E-state index contributed by atoms with van der Waals surface area (Å²) in [6, 6.07) is 0. The smallest absolute Gasteiger partial charge is 0.197 e. The highest BCUT2D eigenvalue weighted by atomic mass is 79.9. The van der Waals surface area contributed by atoms with Gasteiger partial charge in [0.1, 0.15) is 17.7 Å². The van der Waals surface area contributed by atoms with Crippen LogP contribution in [-0.4, -0.2) is 24.7 Å². The largest absolute Gasteiger partial charge is 0.311 e. The van der Waals surface area contributed by atoms with Gasteiger partial charge in [-0.25, -0.2) is 15.8 Å². The average Bonchev–Trinajstić information content (AvgIpc) is 2.68. The van der Waals surface area contributed by atoms with Crippen LogP contribution in [0, 0.1) is 0 Å². The van der Waals surface area contributed by atoms with Gasteiger partial charge in [-0.05, 0) is 27.7 Å². The molecule has 9 heteroatoms. The summed E-state index contributed by atoms with van der Waals surface area (Å²) in [6.07, 6.45) is 3.05. The number of aromatic nitrogens is 5.